The molecule has 36 heavy (non-hydrogen) atoms. The van der Waals surface area contributed by atoms with Gasteiger partial charge in [-0.3, -0.25) is 14.4 Å². The highest BCUT2D eigenvalue weighted by atomic mass is 16.5. The van der Waals surface area contributed by atoms with Crippen LogP contribution < -0.4 is 11.5 Å². The normalized spacial score (nSPS) is 12.5. The summed E-state index contributed by atoms with van der Waals surface area (Å²) in [7, 11) is 0. The van der Waals surface area contributed by atoms with Crippen molar-refractivity contribution in [1.82, 2.24) is 0 Å². The lowest BCUT2D eigenvalue weighted by Gasteiger charge is -2.19. The van der Waals surface area contributed by atoms with Gasteiger partial charge in [0.25, 0.3) is 0 Å². The van der Waals surface area contributed by atoms with Crippen LogP contribution >= 0.6 is 0 Å². The van der Waals surface area contributed by atoms with Gasteiger partial charge in [-0.2, -0.15) is 0 Å². The highest BCUT2D eigenvalue weighted by Gasteiger charge is 2.22. The summed E-state index contributed by atoms with van der Waals surface area (Å²) in [6.45, 7) is 0.218. The Morgan fingerprint density at radius 1 is 0.750 bits per heavy atom. The summed E-state index contributed by atoms with van der Waals surface area (Å²) in [5.41, 5.74) is 13.6. The Morgan fingerprint density at radius 2 is 1.36 bits per heavy atom. The largest absolute Gasteiger partial charge is 0.461 e. The molecule has 0 fully saturated rings. The molecule has 0 radical (unpaired) electrons. The smallest absolute Gasteiger partial charge is 0.323 e. The van der Waals surface area contributed by atoms with E-state index in [0.29, 0.717) is 19.3 Å². The SMILES string of the molecule is NC(=O)C[C@H](CCCCCCCc1ccccc1)OC(=O)[C@@H](N)CCCC(=O)OCc1ccccc1. The maximum atomic E-state index is 12.4. The van der Waals surface area contributed by atoms with Crippen LogP contribution in [0.3, 0.4) is 0 Å². The first kappa shape index (κ1) is 29.0. The van der Waals surface area contributed by atoms with Crippen LogP contribution in [0.5, 0.6) is 0 Å². The summed E-state index contributed by atoms with van der Waals surface area (Å²) in [6, 6.07) is 19.0. The number of unbranched alkanes of at least 4 members (excludes halogenated alkanes) is 4. The predicted octanol–water partition coefficient (Wildman–Crippen LogP) is 4.60. The molecule has 0 saturated heterocycles. The van der Waals surface area contributed by atoms with Gasteiger partial charge in [-0.15, -0.1) is 0 Å². The molecule has 2 aromatic rings. The standard InChI is InChI=1S/C29H40N2O5/c30-26(19-12-20-28(33)35-22-24-16-9-5-10-17-24)29(34)36-25(21-27(31)32)18-11-3-1-2-6-13-23-14-7-4-8-15-23/h4-5,7-10,14-17,25-26H,1-3,6,11-13,18-22,30H2,(H2,31,32)/t25-,26-/m0/s1. The van der Waals surface area contributed by atoms with Crippen LogP contribution in [-0.4, -0.2) is 30.0 Å². The molecule has 0 bridgehead atoms. The number of hydrogen-bond acceptors (Lipinski definition) is 6. The summed E-state index contributed by atoms with van der Waals surface area (Å²) in [6.07, 6.45) is 7.14. The van der Waals surface area contributed by atoms with E-state index < -0.39 is 24.0 Å². The molecule has 0 aromatic heterocycles. The second-order valence-corrected chi connectivity index (χ2v) is 9.17. The molecule has 0 heterocycles. The van der Waals surface area contributed by atoms with Gasteiger partial charge in [0.1, 0.15) is 18.8 Å². The quantitative estimate of drug-likeness (QED) is 0.230. The van der Waals surface area contributed by atoms with Crippen molar-refractivity contribution in [2.24, 2.45) is 11.5 Å². The van der Waals surface area contributed by atoms with Crippen molar-refractivity contribution in [2.45, 2.75) is 89.4 Å². The van der Waals surface area contributed by atoms with Gasteiger partial charge in [0.2, 0.25) is 5.91 Å². The summed E-state index contributed by atoms with van der Waals surface area (Å²) in [5.74, 6) is -1.41. The molecule has 2 aromatic carbocycles. The first-order chi connectivity index (χ1) is 17.4. The van der Waals surface area contributed by atoms with Crippen molar-refractivity contribution in [3.63, 3.8) is 0 Å². The zero-order chi connectivity index (χ0) is 26.0. The molecule has 7 nitrogen and oxygen atoms in total. The van der Waals surface area contributed by atoms with Crippen LogP contribution in [0.1, 0.15) is 75.3 Å². The van der Waals surface area contributed by atoms with Crippen molar-refractivity contribution in [1.29, 1.82) is 0 Å². The lowest BCUT2D eigenvalue weighted by atomic mass is 10.0. The van der Waals surface area contributed by atoms with E-state index in [1.54, 1.807) is 0 Å². The van der Waals surface area contributed by atoms with Crippen molar-refractivity contribution >= 4 is 17.8 Å². The molecule has 196 valence electrons. The zero-order valence-electron chi connectivity index (χ0n) is 21.1. The number of hydrogen-bond donors (Lipinski definition) is 2. The predicted molar refractivity (Wildman–Crippen MR) is 140 cm³/mol. The van der Waals surface area contributed by atoms with Crippen LogP contribution in [0.4, 0.5) is 0 Å². The number of rotatable bonds is 18. The number of primary amides is 1. The fourth-order valence-corrected chi connectivity index (χ4v) is 3.95. The lowest BCUT2D eigenvalue weighted by Crippen LogP contribution is -2.36. The van der Waals surface area contributed by atoms with Crippen LogP contribution in [0.2, 0.25) is 0 Å². The Kier molecular flexibility index (Phi) is 13.9. The molecule has 0 aliphatic rings. The third-order valence-electron chi connectivity index (χ3n) is 5.99. The van der Waals surface area contributed by atoms with E-state index in [-0.39, 0.29) is 25.4 Å². The summed E-state index contributed by atoms with van der Waals surface area (Å²) < 4.78 is 10.7. The molecular weight excluding hydrogens is 456 g/mol. The van der Waals surface area contributed by atoms with Crippen molar-refractivity contribution in [2.75, 3.05) is 0 Å². The Bertz CT molecular complexity index is 904. The second kappa shape index (κ2) is 17.3. The van der Waals surface area contributed by atoms with Gasteiger partial charge in [-0.05, 0) is 49.7 Å². The highest BCUT2D eigenvalue weighted by molar-refractivity contribution is 5.77. The van der Waals surface area contributed by atoms with Crippen LogP contribution in [-0.2, 0) is 36.9 Å². The minimum atomic E-state index is -0.861. The summed E-state index contributed by atoms with van der Waals surface area (Å²) in [4.78, 5) is 35.8. The lowest BCUT2D eigenvalue weighted by molar-refractivity contribution is -0.153. The third kappa shape index (κ3) is 13.0. The molecule has 0 aliphatic carbocycles. The number of amides is 1. The number of carbonyl (C=O) groups is 3. The summed E-state index contributed by atoms with van der Waals surface area (Å²) in [5, 5.41) is 0. The topological polar surface area (TPSA) is 122 Å². The van der Waals surface area contributed by atoms with Crippen molar-refractivity contribution in [3.8, 4) is 0 Å². The van der Waals surface area contributed by atoms with E-state index >= 15 is 0 Å². The first-order valence-corrected chi connectivity index (χ1v) is 12.9. The van der Waals surface area contributed by atoms with Gasteiger partial charge in [-0.25, -0.2) is 0 Å². The second-order valence-electron chi connectivity index (χ2n) is 9.17. The van der Waals surface area contributed by atoms with Gasteiger partial charge >= 0.3 is 11.9 Å². The van der Waals surface area contributed by atoms with E-state index in [1.807, 2.05) is 36.4 Å². The van der Waals surface area contributed by atoms with Crippen molar-refractivity contribution in [3.05, 3.63) is 71.8 Å². The van der Waals surface area contributed by atoms with Gasteiger partial charge in [0.05, 0.1) is 6.42 Å². The molecule has 1 amide bonds. The highest BCUT2D eigenvalue weighted by Crippen LogP contribution is 2.15. The van der Waals surface area contributed by atoms with Crippen LogP contribution in [0, 0.1) is 0 Å². The first-order valence-electron chi connectivity index (χ1n) is 12.9. The van der Waals surface area contributed by atoms with E-state index in [2.05, 4.69) is 24.3 Å². The Morgan fingerprint density at radius 3 is 2.03 bits per heavy atom. The van der Waals surface area contributed by atoms with Gasteiger partial charge < -0.3 is 20.9 Å². The third-order valence-corrected chi connectivity index (χ3v) is 5.99. The van der Waals surface area contributed by atoms with Crippen molar-refractivity contribution < 1.29 is 23.9 Å². The Hall–Kier alpha value is -3.19. The number of esters is 2. The van der Waals surface area contributed by atoms with Gasteiger partial charge in [0, 0.05) is 6.42 Å². The molecule has 0 aliphatic heterocycles. The monoisotopic (exact) mass is 496 g/mol. The molecule has 2 rings (SSSR count). The van der Waals surface area contributed by atoms with E-state index in [1.165, 1.54) is 5.56 Å². The minimum Gasteiger partial charge on any atom is -0.461 e. The average molecular weight is 497 g/mol. The van der Waals surface area contributed by atoms with E-state index in [9.17, 15) is 14.4 Å². The minimum absolute atomic E-state index is 0.0156. The van der Waals surface area contributed by atoms with E-state index in [0.717, 1.165) is 44.1 Å². The number of carbonyl (C=O) groups excluding carboxylic acids is 3. The maximum Gasteiger partial charge on any atom is 0.323 e. The van der Waals surface area contributed by atoms with Crippen LogP contribution in [0.25, 0.3) is 0 Å². The number of ether oxygens (including phenoxy) is 2. The average Bonchev–Trinajstić information content (AvgIpc) is 2.87. The molecular formula is C29H40N2O5. The number of nitrogens with two attached hydrogens (primary N) is 2. The van der Waals surface area contributed by atoms with E-state index in [4.69, 9.17) is 20.9 Å². The molecule has 0 saturated carbocycles. The molecule has 7 heteroatoms. The molecule has 2 atom stereocenters. The van der Waals surface area contributed by atoms with Gasteiger partial charge in [0.15, 0.2) is 0 Å². The molecule has 0 spiro atoms. The number of benzene rings is 2. The number of aryl methyl sites for hydroxylation is 1. The Balaban J connectivity index is 1.59. The molecule has 0 unspecified atom stereocenters. The zero-order valence-corrected chi connectivity index (χ0v) is 21.1. The summed E-state index contributed by atoms with van der Waals surface area (Å²) >= 11 is 0. The Labute approximate surface area is 214 Å². The maximum absolute atomic E-state index is 12.4. The fraction of sp³-hybridized carbons (Fsp3) is 0.483. The van der Waals surface area contributed by atoms with Crippen LogP contribution in [0.15, 0.2) is 60.7 Å². The fourth-order valence-electron chi connectivity index (χ4n) is 3.95. The van der Waals surface area contributed by atoms with Gasteiger partial charge in [-0.1, -0.05) is 79.9 Å². The molecule has 4 N–H and O–H groups in total.